The van der Waals surface area contributed by atoms with Gasteiger partial charge >= 0.3 is 0 Å². The molecular weight excluding hydrogens is 404 g/mol. The van der Waals surface area contributed by atoms with Crippen LogP contribution in [0.3, 0.4) is 0 Å². The fraction of sp³-hybridized carbons (Fsp3) is 0.154. The Hall–Kier alpha value is -3.34. The Labute approximate surface area is 179 Å². The quantitative estimate of drug-likeness (QED) is 0.202. The Morgan fingerprint density at radius 2 is 1.35 bits per heavy atom. The Morgan fingerprint density at radius 3 is 1.90 bits per heavy atom. The van der Waals surface area contributed by atoms with Crippen molar-refractivity contribution in [2.45, 2.75) is 26.2 Å². The molecule has 3 aromatic carbocycles. The van der Waals surface area contributed by atoms with Crippen LogP contribution in [0.25, 0.3) is 23.3 Å². The highest BCUT2D eigenvalue weighted by Gasteiger charge is 2.11. The molecule has 31 heavy (non-hydrogen) atoms. The standard InChI is InChI=1S/C26H22F4O/c1-2-3-18-6-10-21(11-7-18)22-12-8-19(9-13-22)4-5-20-16-23(27)26(24(28)17-20)31-15-14-25(29)30/h4-17,25H,2-3H2,1H3. The van der Waals surface area contributed by atoms with Crippen LogP contribution in [0.15, 0.2) is 73.0 Å². The first-order valence-corrected chi connectivity index (χ1v) is 9.94. The smallest absolute Gasteiger partial charge is 0.260 e. The molecule has 0 radical (unpaired) electrons. The van der Waals surface area contributed by atoms with E-state index >= 15 is 0 Å². The van der Waals surface area contributed by atoms with Crippen LogP contribution in [0, 0.1) is 11.6 Å². The number of hydrogen-bond donors (Lipinski definition) is 0. The summed E-state index contributed by atoms with van der Waals surface area (Å²) in [5, 5.41) is 0. The van der Waals surface area contributed by atoms with Gasteiger partial charge in [0.2, 0.25) is 0 Å². The number of rotatable bonds is 8. The number of hydrogen-bond acceptors (Lipinski definition) is 1. The first-order chi connectivity index (χ1) is 15.0. The van der Waals surface area contributed by atoms with Gasteiger partial charge in [-0.05, 0) is 46.4 Å². The monoisotopic (exact) mass is 426 g/mol. The molecule has 0 heterocycles. The molecule has 0 unspecified atom stereocenters. The van der Waals surface area contributed by atoms with E-state index < -0.39 is 23.8 Å². The van der Waals surface area contributed by atoms with Crippen LogP contribution in [-0.4, -0.2) is 6.43 Å². The van der Waals surface area contributed by atoms with Gasteiger partial charge < -0.3 is 4.74 Å². The molecule has 0 aliphatic carbocycles. The second-order valence-electron chi connectivity index (χ2n) is 7.00. The molecule has 0 saturated carbocycles. The van der Waals surface area contributed by atoms with E-state index in [-0.39, 0.29) is 5.56 Å². The highest BCUT2D eigenvalue weighted by molar-refractivity contribution is 5.72. The van der Waals surface area contributed by atoms with Crippen molar-refractivity contribution in [3.63, 3.8) is 0 Å². The molecule has 0 fully saturated rings. The summed E-state index contributed by atoms with van der Waals surface area (Å²) in [7, 11) is 0. The van der Waals surface area contributed by atoms with E-state index in [4.69, 9.17) is 0 Å². The lowest BCUT2D eigenvalue weighted by Gasteiger charge is -2.06. The molecule has 0 atom stereocenters. The van der Waals surface area contributed by atoms with Crippen LogP contribution >= 0.6 is 0 Å². The van der Waals surface area contributed by atoms with E-state index in [1.165, 1.54) is 5.56 Å². The van der Waals surface area contributed by atoms with Crippen molar-refractivity contribution in [2.75, 3.05) is 0 Å². The van der Waals surface area contributed by atoms with Crippen molar-refractivity contribution in [3.05, 3.63) is 101 Å². The zero-order chi connectivity index (χ0) is 22.2. The molecule has 3 rings (SSSR count). The van der Waals surface area contributed by atoms with Gasteiger partial charge in [-0.25, -0.2) is 17.6 Å². The maximum Gasteiger partial charge on any atom is 0.260 e. The third-order valence-electron chi connectivity index (χ3n) is 4.64. The number of benzene rings is 3. The maximum atomic E-state index is 14.1. The SMILES string of the molecule is CCCc1ccc(-c2ccc(C=Cc3cc(F)c(OC=CC(F)F)c(F)c3)cc2)cc1. The largest absolute Gasteiger partial charge is 0.459 e. The lowest BCUT2D eigenvalue weighted by Crippen LogP contribution is -1.94. The van der Waals surface area contributed by atoms with Crippen molar-refractivity contribution in [1.29, 1.82) is 0 Å². The van der Waals surface area contributed by atoms with Crippen LogP contribution in [0.2, 0.25) is 0 Å². The summed E-state index contributed by atoms with van der Waals surface area (Å²) in [4.78, 5) is 0. The van der Waals surface area contributed by atoms with Gasteiger partial charge in [0.05, 0.1) is 6.26 Å². The lowest BCUT2D eigenvalue weighted by molar-refractivity contribution is 0.200. The molecule has 1 nitrogen and oxygen atoms in total. The van der Waals surface area contributed by atoms with Crippen LogP contribution in [0.1, 0.15) is 30.0 Å². The number of ether oxygens (including phenoxy) is 1. The number of alkyl halides is 2. The molecule has 0 aliphatic heterocycles. The minimum absolute atomic E-state index is 0.288. The van der Waals surface area contributed by atoms with Gasteiger partial charge in [0.15, 0.2) is 17.4 Å². The average molecular weight is 426 g/mol. The molecule has 0 saturated heterocycles. The summed E-state index contributed by atoms with van der Waals surface area (Å²) in [5.41, 5.74) is 4.67. The van der Waals surface area contributed by atoms with Crippen molar-refractivity contribution in [1.82, 2.24) is 0 Å². The van der Waals surface area contributed by atoms with Crippen LogP contribution in [0.4, 0.5) is 17.6 Å². The summed E-state index contributed by atoms with van der Waals surface area (Å²) < 4.78 is 56.9. The molecule has 160 valence electrons. The molecule has 0 bridgehead atoms. The van der Waals surface area contributed by atoms with E-state index in [0.717, 1.165) is 41.7 Å². The van der Waals surface area contributed by atoms with Gasteiger partial charge in [-0.15, -0.1) is 0 Å². The predicted molar refractivity (Wildman–Crippen MR) is 117 cm³/mol. The van der Waals surface area contributed by atoms with Crippen LogP contribution < -0.4 is 4.74 Å². The predicted octanol–water partition coefficient (Wildman–Crippen LogP) is 7.91. The molecule has 0 spiro atoms. The van der Waals surface area contributed by atoms with E-state index in [1.54, 1.807) is 12.2 Å². The van der Waals surface area contributed by atoms with E-state index in [2.05, 4.69) is 35.9 Å². The van der Waals surface area contributed by atoms with Crippen molar-refractivity contribution >= 4 is 12.2 Å². The summed E-state index contributed by atoms with van der Waals surface area (Å²) >= 11 is 0. The Morgan fingerprint density at radius 1 is 0.806 bits per heavy atom. The zero-order valence-electron chi connectivity index (χ0n) is 17.0. The summed E-state index contributed by atoms with van der Waals surface area (Å²) in [6.45, 7) is 2.15. The normalized spacial score (nSPS) is 11.7. The summed E-state index contributed by atoms with van der Waals surface area (Å²) in [6.07, 6.45) is 3.68. The second kappa shape index (κ2) is 10.6. The average Bonchev–Trinajstić information content (AvgIpc) is 2.75. The van der Waals surface area contributed by atoms with Gasteiger partial charge in [-0.1, -0.05) is 74.0 Å². The molecule has 0 N–H and O–H groups in total. The van der Waals surface area contributed by atoms with Gasteiger partial charge in [0, 0.05) is 6.08 Å². The Kier molecular flexibility index (Phi) is 7.65. The molecule has 0 amide bonds. The Balaban J connectivity index is 1.70. The van der Waals surface area contributed by atoms with Crippen molar-refractivity contribution in [3.8, 4) is 16.9 Å². The fourth-order valence-electron chi connectivity index (χ4n) is 3.09. The summed E-state index contributed by atoms with van der Waals surface area (Å²) in [5.74, 6) is -2.66. The minimum atomic E-state index is -2.76. The van der Waals surface area contributed by atoms with Gasteiger partial charge in [0.25, 0.3) is 6.43 Å². The molecule has 5 heteroatoms. The van der Waals surface area contributed by atoms with E-state index in [9.17, 15) is 17.6 Å². The molecule has 3 aromatic rings. The third-order valence-corrected chi connectivity index (χ3v) is 4.64. The maximum absolute atomic E-state index is 14.1. The first kappa shape index (κ1) is 22.3. The topological polar surface area (TPSA) is 9.23 Å². The molecule has 0 aromatic heterocycles. The van der Waals surface area contributed by atoms with Crippen molar-refractivity contribution < 1.29 is 22.3 Å². The number of halogens is 4. The highest BCUT2D eigenvalue weighted by atomic mass is 19.3. The van der Waals surface area contributed by atoms with E-state index in [1.807, 2.05) is 24.3 Å². The number of aryl methyl sites for hydroxylation is 1. The van der Waals surface area contributed by atoms with Gasteiger partial charge in [0.1, 0.15) is 0 Å². The van der Waals surface area contributed by atoms with Gasteiger partial charge in [-0.2, -0.15) is 0 Å². The fourth-order valence-corrected chi connectivity index (χ4v) is 3.09. The zero-order valence-corrected chi connectivity index (χ0v) is 17.0. The first-order valence-electron chi connectivity index (χ1n) is 9.94. The molecule has 0 aliphatic rings. The van der Waals surface area contributed by atoms with Crippen molar-refractivity contribution in [2.24, 2.45) is 0 Å². The second-order valence-corrected chi connectivity index (χ2v) is 7.00. The highest BCUT2D eigenvalue weighted by Crippen LogP contribution is 2.25. The Bertz CT molecular complexity index is 1030. The lowest BCUT2D eigenvalue weighted by atomic mass is 10.0. The summed E-state index contributed by atoms with van der Waals surface area (Å²) in [6, 6.07) is 18.4. The number of allylic oxidation sites excluding steroid dienone is 1. The molecular formula is C26H22F4O. The van der Waals surface area contributed by atoms with Gasteiger partial charge in [-0.3, -0.25) is 0 Å². The van der Waals surface area contributed by atoms with Crippen LogP contribution in [-0.2, 0) is 6.42 Å². The third kappa shape index (κ3) is 6.32. The van der Waals surface area contributed by atoms with Crippen LogP contribution in [0.5, 0.6) is 5.75 Å². The minimum Gasteiger partial charge on any atom is -0.459 e. The van der Waals surface area contributed by atoms with E-state index in [0.29, 0.717) is 12.3 Å².